The second-order valence-corrected chi connectivity index (χ2v) is 8.19. The predicted molar refractivity (Wildman–Crippen MR) is 102 cm³/mol. The lowest BCUT2D eigenvalue weighted by Gasteiger charge is -2.36. The highest BCUT2D eigenvalue weighted by atomic mass is 35.5. The van der Waals surface area contributed by atoms with Crippen molar-refractivity contribution in [3.63, 3.8) is 0 Å². The van der Waals surface area contributed by atoms with Gasteiger partial charge in [0.1, 0.15) is 0 Å². The van der Waals surface area contributed by atoms with Gasteiger partial charge in [0, 0.05) is 36.9 Å². The van der Waals surface area contributed by atoms with Crippen molar-refractivity contribution >= 4 is 33.2 Å². The van der Waals surface area contributed by atoms with Crippen LogP contribution in [0.15, 0.2) is 59.5 Å². The van der Waals surface area contributed by atoms with E-state index in [9.17, 15) is 13.2 Å². The number of hydrogen-bond donors (Lipinski definition) is 1. The molecule has 0 spiro atoms. The van der Waals surface area contributed by atoms with Crippen LogP contribution in [0.4, 0.5) is 5.69 Å². The minimum Gasteiger partial charge on any atom is -0.368 e. The molecule has 3 rings (SSSR count). The Balaban J connectivity index is 1.52. The topological polar surface area (TPSA) is 69.7 Å². The van der Waals surface area contributed by atoms with Gasteiger partial charge in [-0.25, -0.2) is 13.1 Å². The summed E-state index contributed by atoms with van der Waals surface area (Å²) >= 11 is 5.77. The van der Waals surface area contributed by atoms with Crippen molar-refractivity contribution in [3.8, 4) is 0 Å². The highest BCUT2D eigenvalue weighted by Gasteiger charge is 2.23. The maximum Gasteiger partial charge on any atom is 0.241 e. The minimum atomic E-state index is -3.73. The lowest BCUT2D eigenvalue weighted by molar-refractivity contribution is -0.130. The van der Waals surface area contributed by atoms with Gasteiger partial charge in [-0.3, -0.25) is 4.79 Å². The fourth-order valence-corrected chi connectivity index (χ4v) is 3.92. The van der Waals surface area contributed by atoms with Crippen LogP contribution in [0.3, 0.4) is 0 Å². The SMILES string of the molecule is O=C(CNS(=O)(=O)c1ccc(Cl)cc1)N1CCN(c2ccccc2)CC1. The molecule has 8 heteroatoms. The third kappa shape index (κ3) is 4.55. The van der Waals surface area contributed by atoms with Crippen LogP contribution in [0.2, 0.25) is 5.02 Å². The smallest absolute Gasteiger partial charge is 0.241 e. The zero-order valence-electron chi connectivity index (χ0n) is 14.1. The summed E-state index contributed by atoms with van der Waals surface area (Å²) in [5, 5.41) is 0.455. The summed E-state index contributed by atoms with van der Waals surface area (Å²) in [6.45, 7) is 2.32. The molecule has 0 saturated carbocycles. The molecule has 6 nitrogen and oxygen atoms in total. The van der Waals surface area contributed by atoms with Gasteiger partial charge >= 0.3 is 0 Å². The van der Waals surface area contributed by atoms with Crippen LogP contribution in [-0.4, -0.2) is 51.9 Å². The van der Waals surface area contributed by atoms with E-state index in [1.165, 1.54) is 24.3 Å². The number of benzene rings is 2. The lowest BCUT2D eigenvalue weighted by Crippen LogP contribution is -2.51. The molecule has 0 radical (unpaired) electrons. The number of nitrogens with one attached hydrogen (secondary N) is 1. The van der Waals surface area contributed by atoms with Crippen LogP contribution < -0.4 is 9.62 Å². The normalized spacial score (nSPS) is 15.1. The molecule has 2 aromatic rings. The van der Waals surface area contributed by atoms with E-state index in [0.29, 0.717) is 18.1 Å². The molecule has 2 aromatic carbocycles. The number of anilines is 1. The lowest BCUT2D eigenvalue weighted by atomic mass is 10.2. The van der Waals surface area contributed by atoms with Gasteiger partial charge in [-0.05, 0) is 36.4 Å². The number of carbonyl (C=O) groups is 1. The van der Waals surface area contributed by atoms with Crippen LogP contribution in [0.25, 0.3) is 0 Å². The molecule has 1 heterocycles. The quantitative estimate of drug-likeness (QED) is 0.843. The van der Waals surface area contributed by atoms with E-state index < -0.39 is 10.0 Å². The highest BCUT2D eigenvalue weighted by Crippen LogP contribution is 2.16. The standard InChI is InChI=1S/C18H20ClN3O3S/c19-15-6-8-17(9-7-15)26(24,25)20-14-18(23)22-12-10-21(11-13-22)16-4-2-1-3-5-16/h1-9,20H,10-14H2. The largest absolute Gasteiger partial charge is 0.368 e. The monoisotopic (exact) mass is 393 g/mol. The Morgan fingerprint density at radius 3 is 2.19 bits per heavy atom. The summed E-state index contributed by atoms with van der Waals surface area (Å²) in [7, 11) is -3.73. The average Bonchev–Trinajstić information content (AvgIpc) is 2.67. The third-order valence-corrected chi connectivity index (χ3v) is 5.96. The first kappa shape index (κ1) is 18.7. The predicted octanol–water partition coefficient (Wildman–Crippen LogP) is 1.97. The van der Waals surface area contributed by atoms with E-state index in [-0.39, 0.29) is 17.3 Å². The zero-order valence-corrected chi connectivity index (χ0v) is 15.7. The molecule has 1 N–H and O–H groups in total. The van der Waals surface area contributed by atoms with Crippen LogP contribution >= 0.6 is 11.6 Å². The number of sulfonamides is 1. The Morgan fingerprint density at radius 2 is 1.58 bits per heavy atom. The van der Waals surface area contributed by atoms with Crippen molar-refractivity contribution in [2.75, 3.05) is 37.6 Å². The first-order chi connectivity index (χ1) is 12.5. The van der Waals surface area contributed by atoms with Crippen LogP contribution in [0.1, 0.15) is 0 Å². The molecule has 1 amide bonds. The van der Waals surface area contributed by atoms with Gasteiger partial charge in [0.15, 0.2) is 0 Å². The van der Waals surface area contributed by atoms with Gasteiger partial charge in [0.25, 0.3) is 0 Å². The molecule has 1 fully saturated rings. The Morgan fingerprint density at radius 1 is 0.962 bits per heavy atom. The zero-order chi connectivity index (χ0) is 18.6. The molecule has 138 valence electrons. The van der Waals surface area contributed by atoms with E-state index >= 15 is 0 Å². The summed E-state index contributed by atoms with van der Waals surface area (Å²) in [6, 6.07) is 15.8. The molecular weight excluding hydrogens is 374 g/mol. The second-order valence-electron chi connectivity index (χ2n) is 5.98. The van der Waals surface area contributed by atoms with Gasteiger partial charge in [-0.15, -0.1) is 0 Å². The number of para-hydroxylation sites is 1. The first-order valence-electron chi connectivity index (χ1n) is 8.29. The summed E-state index contributed by atoms with van der Waals surface area (Å²) < 4.78 is 26.8. The Hall–Kier alpha value is -2.09. The van der Waals surface area contributed by atoms with Gasteiger partial charge in [-0.2, -0.15) is 0 Å². The fourth-order valence-electron chi connectivity index (χ4n) is 2.82. The number of halogens is 1. The first-order valence-corrected chi connectivity index (χ1v) is 10.1. The third-order valence-electron chi connectivity index (χ3n) is 4.29. The molecule has 0 unspecified atom stereocenters. The van der Waals surface area contributed by atoms with Crippen LogP contribution in [0.5, 0.6) is 0 Å². The van der Waals surface area contributed by atoms with Gasteiger partial charge in [0.05, 0.1) is 11.4 Å². The van der Waals surface area contributed by atoms with Gasteiger partial charge in [0.2, 0.25) is 15.9 Å². The molecule has 26 heavy (non-hydrogen) atoms. The summed E-state index contributed by atoms with van der Waals surface area (Å²) in [6.07, 6.45) is 0. The van der Waals surface area contributed by atoms with E-state index in [1.807, 2.05) is 30.3 Å². The number of nitrogens with zero attached hydrogens (tertiary/aromatic N) is 2. The van der Waals surface area contributed by atoms with Crippen molar-refractivity contribution < 1.29 is 13.2 Å². The van der Waals surface area contributed by atoms with E-state index in [0.717, 1.165) is 18.8 Å². The van der Waals surface area contributed by atoms with Crippen LogP contribution in [-0.2, 0) is 14.8 Å². The van der Waals surface area contributed by atoms with Crippen molar-refractivity contribution in [2.24, 2.45) is 0 Å². The van der Waals surface area contributed by atoms with Crippen LogP contribution in [0, 0.1) is 0 Å². The average molecular weight is 394 g/mol. The summed E-state index contributed by atoms with van der Waals surface area (Å²) in [5.41, 5.74) is 1.13. The molecular formula is C18H20ClN3O3S. The highest BCUT2D eigenvalue weighted by molar-refractivity contribution is 7.89. The molecule has 0 bridgehead atoms. The number of hydrogen-bond acceptors (Lipinski definition) is 4. The van der Waals surface area contributed by atoms with Gasteiger partial charge in [-0.1, -0.05) is 29.8 Å². The fraction of sp³-hybridized carbons (Fsp3) is 0.278. The van der Waals surface area contributed by atoms with Crippen molar-refractivity contribution in [2.45, 2.75) is 4.90 Å². The van der Waals surface area contributed by atoms with E-state index in [1.54, 1.807) is 4.90 Å². The summed E-state index contributed by atoms with van der Waals surface area (Å²) in [4.78, 5) is 16.3. The minimum absolute atomic E-state index is 0.0867. The molecule has 0 aromatic heterocycles. The molecule has 0 atom stereocenters. The second kappa shape index (κ2) is 8.07. The van der Waals surface area contributed by atoms with Gasteiger partial charge < -0.3 is 9.80 Å². The number of piperazine rings is 1. The number of amides is 1. The Bertz CT molecular complexity index is 849. The molecule has 1 aliphatic rings. The maximum atomic E-state index is 12.3. The van der Waals surface area contributed by atoms with E-state index in [4.69, 9.17) is 11.6 Å². The maximum absolute atomic E-state index is 12.3. The number of carbonyl (C=O) groups excluding carboxylic acids is 1. The number of rotatable bonds is 5. The summed E-state index contributed by atoms with van der Waals surface area (Å²) in [5.74, 6) is -0.227. The molecule has 1 saturated heterocycles. The Labute approximate surface area is 158 Å². The molecule has 1 aliphatic heterocycles. The Kier molecular flexibility index (Phi) is 5.80. The van der Waals surface area contributed by atoms with Crippen molar-refractivity contribution in [3.05, 3.63) is 59.6 Å². The van der Waals surface area contributed by atoms with Crippen molar-refractivity contribution in [1.82, 2.24) is 9.62 Å². The van der Waals surface area contributed by atoms with Crippen molar-refractivity contribution in [1.29, 1.82) is 0 Å². The molecule has 0 aliphatic carbocycles. The van der Waals surface area contributed by atoms with E-state index in [2.05, 4.69) is 9.62 Å².